The van der Waals surface area contributed by atoms with Crippen molar-refractivity contribution in [2.24, 2.45) is 4.99 Å². The van der Waals surface area contributed by atoms with Gasteiger partial charge in [-0.05, 0) is 33.3 Å². The second-order valence-corrected chi connectivity index (χ2v) is 8.88. The molecule has 1 saturated heterocycles. The Morgan fingerprint density at radius 2 is 2.03 bits per heavy atom. The van der Waals surface area contributed by atoms with Crippen LogP contribution < -0.4 is 20.9 Å². The van der Waals surface area contributed by atoms with Gasteiger partial charge in [-0.3, -0.25) is 4.99 Å². The van der Waals surface area contributed by atoms with E-state index in [0.29, 0.717) is 19.0 Å². The molecular weight excluding hydrogens is 535 g/mol. The number of nitrogens with zero attached hydrogens (tertiary/aromatic N) is 3. The van der Waals surface area contributed by atoms with E-state index >= 15 is 0 Å². The van der Waals surface area contributed by atoms with Gasteiger partial charge in [-0.2, -0.15) is 0 Å². The largest absolute Gasteiger partial charge is 0.444 e. The molecule has 1 aromatic rings. The summed E-state index contributed by atoms with van der Waals surface area (Å²) in [5.41, 5.74) is 0.588. The van der Waals surface area contributed by atoms with Crippen LogP contribution in [-0.4, -0.2) is 68.6 Å². The van der Waals surface area contributed by atoms with E-state index in [1.807, 2.05) is 33.0 Å². The number of carbonyl (C=O) groups excluding carboxylic acids is 1. The number of hydrogen-bond acceptors (Lipinski definition) is 6. The quantitative estimate of drug-likeness (QED) is 0.236. The first kappa shape index (κ1) is 29.2. The Labute approximate surface area is 215 Å². The number of carbonyl (C=O) groups is 1. The van der Waals surface area contributed by atoms with Gasteiger partial charge in [0.2, 0.25) is 0 Å². The number of alkyl carbamates (subject to hydrolysis) is 1. The zero-order chi connectivity index (χ0) is 23.4. The maximum atomic E-state index is 12.1. The Kier molecular flexibility index (Phi) is 13.4. The van der Waals surface area contributed by atoms with Gasteiger partial charge in [0.1, 0.15) is 11.4 Å². The molecule has 1 aliphatic heterocycles. The van der Waals surface area contributed by atoms with Gasteiger partial charge in [-0.15, -0.1) is 24.0 Å². The van der Waals surface area contributed by atoms with Crippen LogP contribution in [-0.2, 0) is 16.0 Å². The van der Waals surface area contributed by atoms with Crippen molar-refractivity contribution < 1.29 is 14.3 Å². The first-order chi connectivity index (χ1) is 15.3. The summed E-state index contributed by atoms with van der Waals surface area (Å²) in [5.74, 6) is 1.67. The Balaban J connectivity index is 0.00000544. The number of unbranched alkanes of at least 4 members (excludes halogenated alkanes) is 1. The molecule has 0 radical (unpaired) electrons. The SMILES string of the molecule is CCCCC(CNC(=O)OC(C)(C)C)NC(=NC)NCc1cccnc1N1CCOCC1.I. The fourth-order valence-electron chi connectivity index (χ4n) is 3.39. The van der Waals surface area contributed by atoms with Crippen molar-refractivity contribution in [3.63, 3.8) is 0 Å². The van der Waals surface area contributed by atoms with Crippen molar-refractivity contribution in [1.82, 2.24) is 20.9 Å². The average Bonchev–Trinajstić information content (AvgIpc) is 2.77. The molecule has 0 aromatic carbocycles. The van der Waals surface area contributed by atoms with E-state index in [0.717, 1.165) is 56.9 Å². The normalized spacial score (nSPS) is 15.3. The lowest BCUT2D eigenvalue weighted by atomic mass is 10.1. The number of anilines is 1. The zero-order valence-electron chi connectivity index (χ0n) is 20.6. The van der Waals surface area contributed by atoms with Crippen molar-refractivity contribution in [3.05, 3.63) is 23.9 Å². The van der Waals surface area contributed by atoms with Crippen LogP contribution in [0.5, 0.6) is 0 Å². The van der Waals surface area contributed by atoms with E-state index in [1.54, 1.807) is 7.05 Å². The number of aromatic nitrogens is 1. The molecule has 1 unspecified atom stereocenters. The molecule has 1 aromatic heterocycles. The molecule has 2 rings (SSSR count). The third-order valence-corrected chi connectivity index (χ3v) is 4.99. The summed E-state index contributed by atoms with van der Waals surface area (Å²) in [6.07, 6.45) is 4.46. The number of ether oxygens (including phenoxy) is 2. The van der Waals surface area contributed by atoms with Crippen LogP contribution in [0.3, 0.4) is 0 Å². The fraction of sp³-hybridized carbons (Fsp3) is 0.696. The first-order valence-electron chi connectivity index (χ1n) is 11.5. The van der Waals surface area contributed by atoms with Gasteiger partial charge in [0.25, 0.3) is 0 Å². The van der Waals surface area contributed by atoms with E-state index in [1.165, 1.54) is 0 Å². The highest BCUT2D eigenvalue weighted by molar-refractivity contribution is 14.0. The number of rotatable bonds is 9. The molecule has 33 heavy (non-hydrogen) atoms. The maximum Gasteiger partial charge on any atom is 0.407 e. The van der Waals surface area contributed by atoms with Crippen LogP contribution in [0.25, 0.3) is 0 Å². The number of nitrogens with one attached hydrogen (secondary N) is 3. The molecule has 1 amide bonds. The van der Waals surface area contributed by atoms with Crippen LogP contribution in [0.15, 0.2) is 23.3 Å². The molecule has 0 spiro atoms. The molecule has 9 nitrogen and oxygen atoms in total. The Morgan fingerprint density at radius 3 is 2.67 bits per heavy atom. The molecule has 0 saturated carbocycles. The molecule has 10 heteroatoms. The lowest BCUT2D eigenvalue weighted by Crippen LogP contribution is -2.49. The van der Waals surface area contributed by atoms with Gasteiger partial charge in [0.15, 0.2) is 5.96 Å². The predicted octanol–water partition coefficient (Wildman–Crippen LogP) is 3.28. The molecule has 3 N–H and O–H groups in total. The fourth-order valence-corrected chi connectivity index (χ4v) is 3.39. The summed E-state index contributed by atoms with van der Waals surface area (Å²) < 4.78 is 10.8. The predicted molar refractivity (Wildman–Crippen MR) is 144 cm³/mol. The van der Waals surface area contributed by atoms with E-state index in [9.17, 15) is 4.79 Å². The van der Waals surface area contributed by atoms with Crippen molar-refractivity contribution in [2.45, 2.75) is 65.1 Å². The van der Waals surface area contributed by atoms with Gasteiger partial charge in [0, 0.05) is 51.0 Å². The summed E-state index contributed by atoms with van der Waals surface area (Å²) >= 11 is 0. The van der Waals surface area contributed by atoms with Crippen LogP contribution in [0.4, 0.5) is 10.6 Å². The number of aliphatic imine (C=N–C) groups is 1. The van der Waals surface area contributed by atoms with Crippen LogP contribution in [0.1, 0.15) is 52.5 Å². The van der Waals surface area contributed by atoms with Crippen LogP contribution in [0.2, 0.25) is 0 Å². The molecule has 0 bridgehead atoms. The van der Waals surface area contributed by atoms with Gasteiger partial charge in [-0.1, -0.05) is 25.8 Å². The Morgan fingerprint density at radius 1 is 1.30 bits per heavy atom. The van der Waals surface area contributed by atoms with Crippen molar-refractivity contribution in [2.75, 3.05) is 44.8 Å². The molecule has 1 atom stereocenters. The molecule has 0 aliphatic carbocycles. The van der Waals surface area contributed by atoms with Gasteiger partial charge in [0.05, 0.1) is 13.2 Å². The number of halogens is 1. The third kappa shape index (κ3) is 11.2. The number of pyridine rings is 1. The van der Waals surface area contributed by atoms with Gasteiger partial charge >= 0.3 is 6.09 Å². The standard InChI is InChI=1S/C23H40N6O3.HI/c1-6-7-10-19(17-27-22(30)32-23(2,3)4)28-21(24-5)26-16-18-9-8-11-25-20(18)29-12-14-31-15-13-29;/h8-9,11,19H,6-7,10,12-17H2,1-5H3,(H,27,30)(H2,24,26,28);1H. The number of guanidine groups is 1. The summed E-state index contributed by atoms with van der Waals surface area (Å²) in [6, 6.07) is 4.07. The number of hydrogen-bond donors (Lipinski definition) is 3. The van der Waals surface area contributed by atoms with Crippen LogP contribution >= 0.6 is 24.0 Å². The molecule has 188 valence electrons. The van der Waals surface area contributed by atoms with E-state index in [2.05, 4.69) is 43.8 Å². The minimum atomic E-state index is -0.518. The highest BCUT2D eigenvalue weighted by Crippen LogP contribution is 2.18. The molecule has 1 fully saturated rings. The highest BCUT2D eigenvalue weighted by atomic mass is 127. The number of amides is 1. The van der Waals surface area contributed by atoms with E-state index in [4.69, 9.17) is 9.47 Å². The summed E-state index contributed by atoms with van der Waals surface area (Å²) in [6.45, 7) is 11.9. The monoisotopic (exact) mass is 576 g/mol. The Bertz CT molecular complexity index is 735. The zero-order valence-corrected chi connectivity index (χ0v) is 23.0. The van der Waals surface area contributed by atoms with Crippen molar-refractivity contribution in [1.29, 1.82) is 0 Å². The summed E-state index contributed by atoms with van der Waals surface area (Å²) in [7, 11) is 1.75. The first-order valence-corrected chi connectivity index (χ1v) is 11.5. The van der Waals surface area contributed by atoms with Crippen LogP contribution in [0, 0.1) is 0 Å². The highest BCUT2D eigenvalue weighted by Gasteiger charge is 2.19. The second kappa shape index (κ2) is 15.2. The minimum Gasteiger partial charge on any atom is -0.444 e. The van der Waals surface area contributed by atoms with Crippen molar-refractivity contribution in [3.8, 4) is 0 Å². The molecule has 1 aliphatic rings. The lowest BCUT2D eigenvalue weighted by Gasteiger charge is -2.29. The maximum absolute atomic E-state index is 12.1. The van der Waals surface area contributed by atoms with Gasteiger partial charge < -0.3 is 30.3 Å². The van der Waals surface area contributed by atoms with E-state index < -0.39 is 11.7 Å². The molecule has 2 heterocycles. The Hall–Kier alpha value is -1.82. The summed E-state index contributed by atoms with van der Waals surface area (Å²) in [4.78, 5) is 23.3. The van der Waals surface area contributed by atoms with E-state index in [-0.39, 0.29) is 30.0 Å². The number of morpholine rings is 1. The summed E-state index contributed by atoms with van der Waals surface area (Å²) in [5, 5.41) is 9.70. The topological polar surface area (TPSA) is 100 Å². The average molecular weight is 577 g/mol. The lowest BCUT2D eigenvalue weighted by molar-refractivity contribution is 0.0522. The minimum absolute atomic E-state index is 0. The molecular formula is C23H41IN6O3. The van der Waals surface area contributed by atoms with Crippen molar-refractivity contribution >= 4 is 41.8 Å². The third-order valence-electron chi connectivity index (χ3n) is 4.99. The smallest absolute Gasteiger partial charge is 0.407 e. The van der Waals surface area contributed by atoms with Gasteiger partial charge in [-0.25, -0.2) is 9.78 Å². The second-order valence-electron chi connectivity index (χ2n) is 8.88.